The van der Waals surface area contributed by atoms with Crippen molar-refractivity contribution in [2.24, 2.45) is 0 Å². The molecule has 2 aliphatic rings. The normalized spacial score (nSPS) is 27.2. The van der Waals surface area contributed by atoms with E-state index in [1.54, 1.807) is 0 Å². The second-order valence-electron chi connectivity index (χ2n) is 10.3. The van der Waals surface area contributed by atoms with Gasteiger partial charge in [-0.1, -0.05) is 55.4 Å². The molecule has 3 heterocycles. The first-order valence-corrected chi connectivity index (χ1v) is 16.8. The molecule has 2 aliphatic heterocycles. The van der Waals surface area contributed by atoms with Gasteiger partial charge in [-0.05, 0) is 44.8 Å². The van der Waals surface area contributed by atoms with E-state index in [-0.39, 0.29) is 43.8 Å². The van der Waals surface area contributed by atoms with Crippen LogP contribution < -0.4 is 17.0 Å². The Hall–Kier alpha value is -0.516. The predicted octanol–water partition coefficient (Wildman–Crippen LogP) is 3.97. The van der Waals surface area contributed by atoms with Gasteiger partial charge in [-0.15, -0.1) is 0 Å². The number of nitrogens with one attached hydrogen (secondary N) is 1. The quantitative estimate of drug-likeness (QED) is 0.382. The highest BCUT2D eigenvalue weighted by Gasteiger charge is 2.60. The van der Waals surface area contributed by atoms with E-state index in [1.807, 2.05) is 22.6 Å². The van der Waals surface area contributed by atoms with Gasteiger partial charge in [0.1, 0.15) is 21.7 Å². The number of aromatic nitrogens is 2. The van der Waals surface area contributed by atoms with Crippen LogP contribution in [0.1, 0.15) is 68.0 Å². The summed E-state index contributed by atoms with van der Waals surface area (Å²) in [7, 11) is -5.43. The van der Waals surface area contributed by atoms with E-state index in [9.17, 15) is 9.59 Å². The minimum Gasteiger partial charge on any atom is -0.414 e. The molecule has 0 amide bonds. The second-order valence-corrected chi connectivity index (χ2v) is 20.2. The molecule has 0 radical (unpaired) electrons. The molecule has 0 aromatic carbocycles. The summed E-state index contributed by atoms with van der Waals surface area (Å²) in [5.41, 5.74) is 5.95. The van der Waals surface area contributed by atoms with Gasteiger partial charge in [-0.3, -0.25) is 14.3 Å². The average Bonchev–Trinajstić information content (AvgIpc) is 3.07. The minimum absolute atomic E-state index is 0.102. The lowest BCUT2D eigenvalue weighted by Gasteiger charge is -2.51. The summed E-state index contributed by atoms with van der Waals surface area (Å²) in [6.07, 6.45) is -0.882. The number of hydrogen-bond donors (Lipinski definition) is 2. The van der Waals surface area contributed by atoms with Crippen LogP contribution in [0, 0.1) is 3.57 Å². The fraction of sp³-hybridized carbons (Fsp3) is 0.810. The van der Waals surface area contributed by atoms with E-state index in [0.29, 0.717) is 13.0 Å². The lowest BCUT2D eigenvalue weighted by molar-refractivity contribution is -0.0560. The Labute approximate surface area is 211 Å². The average molecular weight is 612 g/mol. The third-order valence-corrected chi connectivity index (χ3v) is 18.3. The highest BCUT2D eigenvalue weighted by molar-refractivity contribution is 14.1. The monoisotopic (exact) mass is 611 g/mol. The molecule has 3 N–H and O–H groups in total. The van der Waals surface area contributed by atoms with Crippen LogP contribution in [0.2, 0.25) is 22.2 Å². The molecule has 2 fully saturated rings. The van der Waals surface area contributed by atoms with Crippen LogP contribution in [0.25, 0.3) is 0 Å². The maximum absolute atomic E-state index is 12.6. The van der Waals surface area contributed by atoms with Gasteiger partial charge in [0, 0.05) is 6.42 Å². The molecule has 1 aromatic heterocycles. The van der Waals surface area contributed by atoms with Crippen molar-refractivity contribution in [1.82, 2.24) is 9.55 Å². The van der Waals surface area contributed by atoms with Crippen LogP contribution >= 0.6 is 22.6 Å². The summed E-state index contributed by atoms with van der Waals surface area (Å²) in [5, 5.41) is 0. The molecule has 3 rings (SSSR count). The topological polar surface area (TPSA) is 118 Å². The maximum atomic E-state index is 12.6. The number of anilines is 1. The van der Waals surface area contributed by atoms with E-state index < -0.39 is 34.6 Å². The van der Waals surface area contributed by atoms with Gasteiger partial charge in [0.15, 0.2) is 0 Å². The van der Waals surface area contributed by atoms with Crippen molar-refractivity contribution in [2.45, 2.75) is 102 Å². The fourth-order valence-corrected chi connectivity index (χ4v) is 16.7. The van der Waals surface area contributed by atoms with Gasteiger partial charge in [0.05, 0.1) is 12.7 Å². The Bertz CT molecular complexity index is 964. The Morgan fingerprint density at radius 1 is 0.970 bits per heavy atom. The Balaban J connectivity index is 2.07. The van der Waals surface area contributed by atoms with Crippen molar-refractivity contribution < 1.29 is 17.7 Å². The fourth-order valence-electron chi connectivity index (χ4n) is 5.12. The van der Waals surface area contributed by atoms with Crippen LogP contribution in [-0.2, 0) is 17.7 Å². The van der Waals surface area contributed by atoms with Crippen LogP contribution in [0.15, 0.2) is 9.59 Å². The number of aromatic amines is 1. The van der Waals surface area contributed by atoms with Crippen LogP contribution in [0.4, 0.5) is 5.82 Å². The Morgan fingerprint density at radius 2 is 1.52 bits per heavy atom. The van der Waals surface area contributed by atoms with Crippen molar-refractivity contribution in [2.75, 3.05) is 12.3 Å². The number of ether oxygens (including phenoxy) is 1. The number of nitrogen functional groups attached to an aromatic ring is 1. The first-order valence-electron chi connectivity index (χ1n) is 11.7. The number of rotatable bonds is 5. The molecule has 3 atom stereocenters. The number of H-pyrrole nitrogens is 1. The zero-order valence-electron chi connectivity index (χ0n) is 20.8. The number of nitrogens with zero attached hydrogens (tertiary/aromatic N) is 1. The number of nitrogens with two attached hydrogens (primary N) is 1. The number of hydrogen-bond acceptors (Lipinski definition) is 7. The Morgan fingerprint density at radius 3 is 2.03 bits per heavy atom. The summed E-state index contributed by atoms with van der Waals surface area (Å²) in [6, 6.07) is 0. The molecule has 33 heavy (non-hydrogen) atoms. The lowest BCUT2D eigenvalue weighted by atomic mass is 10.2. The molecule has 0 aliphatic carbocycles. The molecule has 1 aromatic rings. The van der Waals surface area contributed by atoms with E-state index in [1.165, 1.54) is 4.57 Å². The number of halogens is 1. The molecule has 188 valence electrons. The molecule has 0 bridgehead atoms. The first kappa shape index (κ1) is 27.1. The largest absolute Gasteiger partial charge is 0.414 e. The van der Waals surface area contributed by atoms with E-state index >= 15 is 0 Å². The predicted molar refractivity (Wildman–Crippen MR) is 141 cm³/mol. The van der Waals surface area contributed by atoms with E-state index in [0.717, 1.165) is 0 Å². The van der Waals surface area contributed by atoms with E-state index in [4.69, 9.17) is 23.4 Å². The van der Waals surface area contributed by atoms with E-state index in [2.05, 4.69) is 60.4 Å². The lowest BCUT2D eigenvalue weighted by Crippen LogP contribution is -2.65. The number of fused-ring (bicyclic) bond motifs is 1. The van der Waals surface area contributed by atoms with Crippen LogP contribution in [0.3, 0.4) is 0 Å². The summed E-state index contributed by atoms with van der Waals surface area (Å²) in [4.78, 5) is 26.9. The smallest absolute Gasteiger partial charge is 0.335 e. The molecule has 2 saturated heterocycles. The molecule has 0 spiro atoms. The third-order valence-electron chi connectivity index (χ3n) is 6.94. The van der Waals surface area contributed by atoms with Gasteiger partial charge in [-0.2, -0.15) is 0 Å². The minimum atomic E-state index is -2.77. The maximum Gasteiger partial charge on any atom is 0.335 e. The van der Waals surface area contributed by atoms with Crippen LogP contribution in [0.5, 0.6) is 0 Å². The SMILES string of the molecule is CC(C)[Si]1(C(C)C)OC[C@H]2O[C@@H](n3c(N)c(I)c(=O)[nH]c3=O)C[C@@H]2O[Si](C(C)C)(C(C)C)O1. The molecular formula is C21H38IN3O6Si2. The molecule has 12 heteroatoms. The van der Waals surface area contributed by atoms with Gasteiger partial charge in [0.25, 0.3) is 5.56 Å². The van der Waals surface area contributed by atoms with Crippen molar-refractivity contribution >= 4 is 45.5 Å². The van der Waals surface area contributed by atoms with Crippen LogP contribution in [-0.4, -0.2) is 45.5 Å². The molecule has 9 nitrogen and oxygen atoms in total. The molecule has 0 unspecified atom stereocenters. The van der Waals surface area contributed by atoms with Crippen molar-refractivity contribution in [3.05, 3.63) is 24.4 Å². The highest BCUT2D eigenvalue weighted by atomic mass is 127. The summed E-state index contributed by atoms with van der Waals surface area (Å²) in [5.74, 6) is 0.102. The summed E-state index contributed by atoms with van der Waals surface area (Å²) < 4.78 is 28.8. The van der Waals surface area contributed by atoms with Gasteiger partial charge < -0.3 is 23.4 Å². The standard InChI is InChI=1S/C21H38IN3O6Si2/c1-11(2)32(12(3)4)28-10-16-15(30-33(31-32,13(5)6)14(7)8)9-17(29-16)25-19(23)18(22)20(26)24-21(25)27/h11-17H,9-10,23H2,1-8H3,(H,24,26,27)/t15-,16+,17+/m0/s1. The zero-order valence-corrected chi connectivity index (χ0v) is 25.0. The van der Waals surface area contributed by atoms with Gasteiger partial charge in [0.2, 0.25) is 0 Å². The Kier molecular flexibility index (Phi) is 8.09. The third kappa shape index (κ3) is 4.68. The van der Waals surface area contributed by atoms with Gasteiger partial charge >= 0.3 is 22.8 Å². The molecular weight excluding hydrogens is 573 g/mol. The van der Waals surface area contributed by atoms with Crippen molar-refractivity contribution in [3.63, 3.8) is 0 Å². The van der Waals surface area contributed by atoms with Crippen molar-refractivity contribution in [3.8, 4) is 0 Å². The highest BCUT2D eigenvalue weighted by Crippen LogP contribution is 2.48. The van der Waals surface area contributed by atoms with Crippen molar-refractivity contribution in [1.29, 1.82) is 0 Å². The van der Waals surface area contributed by atoms with Gasteiger partial charge in [-0.25, -0.2) is 4.79 Å². The zero-order chi connectivity index (χ0) is 24.9. The summed E-state index contributed by atoms with van der Waals surface area (Å²) >= 11 is 1.85. The first-order chi connectivity index (χ1) is 15.3. The summed E-state index contributed by atoms with van der Waals surface area (Å²) in [6.45, 7) is 17.7. The second kappa shape index (κ2) is 9.86. The molecule has 0 saturated carbocycles.